The van der Waals surface area contributed by atoms with E-state index in [1.807, 2.05) is 18.2 Å². The number of hydrogen-bond donors (Lipinski definition) is 0. The molecule has 1 aromatic heterocycles. The Morgan fingerprint density at radius 1 is 0.490 bits per heavy atom. The molecule has 0 radical (unpaired) electrons. The van der Waals surface area contributed by atoms with E-state index < -0.39 is 0 Å². The topological polar surface area (TPSA) is 38.7 Å². The summed E-state index contributed by atoms with van der Waals surface area (Å²) in [5.74, 6) is 2.17. The minimum Gasteiger partial charge on any atom is -0.209 e. The number of rotatable bonds is 6. The van der Waals surface area contributed by atoms with E-state index in [1.54, 1.807) is 0 Å². The van der Waals surface area contributed by atoms with Crippen LogP contribution in [0.25, 0.3) is 61.7 Å². The molecule has 3 nitrogen and oxygen atoms in total. The normalized spacial score (nSPS) is 15.8. The standard InChI is InChI=1S/C48H39N3/c1-48(2)42-20-12-19-40(36-25-21-34(22-26-36)32-13-6-3-7-14-32)44(42)41-30-29-39(31-43(41)48)47-50-45(37-17-10-5-11-18-37)49-46(51-47)38-27-23-35(24-28-38)33-15-8-4-9-16-33/h3,5-8,10-23,25-27,29-31H,4,9,24,28H2,1-2H3. The minimum absolute atomic E-state index is 0.186. The van der Waals surface area contributed by atoms with Crippen molar-refractivity contribution in [3.8, 4) is 56.2 Å². The van der Waals surface area contributed by atoms with Crippen molar-refractivity contribution in [1.29, 1.82) is 0 Å². The van der Waals surface area contributed by atoms with Crippen LogP contribution < -0.4 is 0 Å². The summed E-state index contributed by atoms with van der Waals surface area (Å²) in [4.78, 5) is 15.3. The molecule has 0 amide bonds. The Labute approximate surface area is 300 Å². The molecule has 0 unspecified atom stereocenters. The minimum atomic E-state index is -0.186. The highest BCUT2D eigenvalue weighted by Crippen LogP contribution is 2.53. The van der Waals surface area contributed by atoms with Crippen molar-refractivity contribution in [2.75, 3.05) is 0 Å². The third-order valence-electron chi connectivity index (χ3n) is 10.7. The maximum atomic E-state index is 5.16. The van der Waals surface area contributed by atoms with Crippen LogP contribution in [0.5, 0.6) is 0 Å². The van der Waals surface area contributed by atoms with E-state index >= 15 is 0 Å². The van der Waals surface area contributed by atoms with Crippen LogP contribution in [0.1, 0.15) is 56.5 Å². The maximum Gasteiger partial charge on any atom is 0.164 e. The molecule has 0 bridgehead atoms. The van der Waals surface area contributed by atoms with Gasteiger partial charge in [0.1, 0.15) is 0 Å². The van der Waals surface area contributed by atoms with Gasteiger partial charge in [0.25, 0.3) is 0 Å². The second-order valence-corrected chi connectivity index (χ2v) is 14.3. The monoisotopic (exact) mass is 657 g/mol. The van der Waals surface area contributed by atoms with Gasteiger partial charge >= 0.3 is 0 Å². The molecule has 5 aromatic carbocycles. The molecule has 3 aliphatic rings. The molecule has 0 fully saturated rings. The lowest BCUT2D eigenvalue weighted by Gasteiger charge is -2.22. The molecule has 9 rings (SSSR count). The van der Waals surface area contributed by atoms with Gasteiger partial charge in [-0.25, -0.2) is 15.0 Å². The van der Waals surface area contributed by atoms with Crippen molar-refractivity contribution in [3.05, 3.63) is 180 Å². The maximum absolute atomic E-state index is 5.16. The zero-order chi connectivity index (χ0) is 34.4. The summed E-state index contributed by atoms with van der Waals surface area (Å²) in [6.45, 7) is 4.68. The zero-order valence-electron chi connectivity index (χ0n) is 29.1. The van der Waals surface area contributed by atoms with Gasteiger partial charge in [-0.2, -0.15) is 0 Å². The molecule has 0 N–H and O–H groups in total. The van der Waals surface area contributed by atoms with Gasteiger partial charge in [-0.15, -0.1) is 0 Å². The second kappa shape index (κ2) is 12.8. The molecule has 1 heterocycles. The fourth-order valence-electron chi connectivity index (χ4n) is 7.92. The van der Waals surface area contributed by atoms with Gasteiger partial charge < -0.3 is 0 Å². The lowest BCUT2D eigenvalue weighted by Crippen LogP contribution is -2.15. The Balaban J connectivity index is 1.12. The Morgan fingerprint density at radius 3 is 1.82 bits per heavy atom. The van der Waals surface area contributed by atoms with Gasteiger partial charge in [-0.1, -0.05) is 159 Å². The summed E-state index contributed by atoms with van der Waals surface area (Å²) in [7, 11) is 0. The first-order chi connectivity index (χ1) is 25.0. The van der Waals surface area contributed by atoms with Crippen LogP contribution in [0, 0.1) is 0 Å². The molecule has 3 aliphatic carbocycles. The number of allylic oxidation sites excluding steroid dienone is 8. The number of fused-ring (bicyclic) bond motifs is 3. The second-order valence-electron chi connectivity index (χ2n) is 14.3. The molecule has 0 saturated carbocycles. The number of benzene rings is 5. The van der Waals surface area contributed by atoms with Crippen molar-refractivity contribution >= 4 is 5.57 Å². The fraction of sp³-hybridized carbons (Fsp3) is 0.146. The van der Waals surface area contributed by atoms with E-state index in [2.05, 4.69) is 147 Å². The molecule has 6 aromatic rings. The van der Waals surface area contributed by atoms with Crippen LogP contribution in [0.2, 0.25) is 0 Å². The lowest BCUT2D eigenvalue weighted by molar-refractivity contribution is 0.660. The van der Waals surface area contributed by atoms with Gasteiger partial charge in [0.05, 0.1) is 0 Å². The van der Waals surface area contributed by atoms with E-state index in [9.17, 15) is 0 Å². The SMILES string of the molecule is CC1(C)c2cc(-c3nc(C4=CC=C(C5=CCCC=C5)CC4)nc(-c4ccccc4)n3)ccc2-c2c(-c3ccc(-c4ccccc4)cc3)cccc21. The van der Waals surface area contributed by atoms with Gasteiger partial charge in [-0.05, 0) is 93.0 Å². The zero-order valence-corrected chi connectivity index (χ0v) is 29.1. The molecule has 0 atom stereocenters. The van der Waals surface area contributed by atoms with Crippen molar-refractivity contribution in [1.82, 2.24) is 15.0 Å². The van der Waals surface area contributed by atoms with E-state index in [1.165, 1.54) is 55.7 Å². The molecular weight excluding hydrogens is 619 g/mol. The molecule has 246 valence electrons. The van der Waals surface area contributed by atoms with Crippen molar-refractivity contribution in [2.24, 2.45) is 0 Å². The van der Waals surface area contributed by atoms with E-state index in [0.29, 0.717) is 11.6 Å². The van der Waals surface area contributed by atoms with Crippen molar-refractivity contribution in [3.63, 3.8) is 0 Å². The van der Waals surface area contributed by atoms with Gasteiger partial charge in [0.15, 0.2) is 17.5 Å². The van der Waals surface area contributed by atoms with Crippen LogP contribution in [-0.4, -0.2) is 15.0 Å². The smallest absolute Gasteiger partial charge is 0.164 e. The quantitative estimate of drug-likeness (QED) is 0.179. The molecule has 51 heavy (non-hydrogen) atoms. The summed E-state index contributed by atoms with van der Waals surface area (Å²) >= 11 is 0. The highest BCUT2D eigenvalue weighted by Gasteiger charge is 2.37. The van der Waals surface area contributed by atoms with Gasteiger partial charge in [0, 0.05) is 16.5 Å². The predicted molar refractivity (Wildman–Crippen MR) is 211 cm³/mol. The molecule has 3 heteroatoms. The molecule has 0 saturated heterocycles. The highest BCUT2D eigenvalue weighted by molar-refractivity contribution is 5.93. The average Bonchev–Trinajstić information content (AvgIpc) is 3.44. The third kappa shape index (κ3) is 5.69. The van der Waals surface area contributed by atoms with Crippen LogP contribution in [0.15, 0.2) is 163 Å². The summed E-state index contributed by atoms with van der Waals surface area (Å²) in [6.07, 6.45) is 15.5. The Morgan fingerprint density at radius 2 is 1.12 bits per heavy atom. The predicted octanol–water partition coefficient (Wildman–Crippen LogP) is 12.2. The average molecular weight is 658 g/mol. The number of aromatic nitrogens is 3. The van der Waals surface area contributed by atoms with E-state index in [4.69, 9.17) is 15.0 Å². The van der Waals surface area contributed by atoms with Crippen molar-refractivity contribution in [2.45, 2.75) is 44.9 Å². The van der Waals surface area contributed by atoms with Gasteiger partial charge in [0.2, 0.25) is 0 Å². The van der Waals surface area contributed by atoms with Crippen molar-refractivity contribution < 1.29 is 0 Å². The van der Waals surface area contributed by atoms with E-state index in [-0.39, 0.29) is 5.41 Å². The van der Waals surface area contributed by atoms with Crippen LogP contribution in [0.4, 0.5) is 0 Å². The molecular formula is C48H39N3. The summed E-state index contributed by atoms with van der Waals surface area (Å²) in [5, 5.41) is 0. The first-order valence-corrected chi connectivity index (χ1v) is 18.1. The number of nitrogens with zero attached hydrogens (tertiary/aromatic N) is 3. The highest BCUT2D eigenvalue weighted by atomic mass is 15.0. The molecule has 0 aliphatic heterocycles. The Kier molecular flexibility index (Phi) is 7.77. The summed E-state index contributed by atoms with van der Waals surface area (Å²) in [6, 6.07) is 43.4. The largest absolute Gasteiger partial charge is 0.209 e. The van der Waals surface area contributed by atoms with Crippen LogP contribution in [-0.2, 0) is 5.41 Å². The Hall–Kier alpha value is -5.93. The van der Waals surface area contributed by atoms with Crippen LogP contribution >= 0.6 is 0 Å². The van der Waals surface area contributed by atoms with E-state index in [0.717, 1.165) is 48.2 Å². The first kappa shape index (κ1) is 31.1. The summed E-state index contributed by atoms with van der Waals surface area (Å²) < 4.78 is 0. The first-order valence-electron chi connectivity index (χ1n) is 18.1. The summed E-state index contributed by atoms with van der Waals surface area (Å²) in [5.41, 5.74) is 15.9. The third-order valence-corrected chi connectivity index (χ3v) is 10.7. The Bertz CT molecular complexity index is 2410. The number of hydrogen-bond acceptors (Lipinski definition) is 3. The fourth-order valence-corrected chi connectivity index (χ4v) is 7.92. The lowest BCUT2D eigenvalue weighted by atomic mass is 9.81. The van der Waals surface area contributed by atoms with Crippen LogP contribution in [0.3, 0.4) is 0 Å². The molecule has 0 spiro atoms. The van der Waals surface area contributed by atoms with Gasteiger partial charge in [-0.3, -0.25) is 0 Å².